The lowest BCUT2D eigenvalue weighted by Crippen LogP contribution is -2.51. The Morgan fingerprint density at radius 2 is 1.88 bits per heavy atom. The zero-order valence-electron chi connectivity index (χ0n) is 15.7. The number of likely N-dealkylation sites (N-methyl/N-ethyl adjacent to an activating group) is 1. The van der Waals surface area contributed by atoms with Crippen molar-refractivity contribution in [2.24, 2.45) is 0 Å². The Morgan fingerprint density at radius 3 is 2.42 bits per heavy atom. The van der Waals surface area contributed by atoms with E-state index in [4.69, 9.17) is 0 Å². The van der Waals surface area contributed by atoms with Crippen molar-refractivity contribution in [2.75, 3.05) is 20.1 Å². The molecule has 1 atom stereocenters. The average molecular weight is 332 g/mol. The average Bonchev–Trinajstić information content (AvgIpc) is 2.57. The summed E-state index contributed by atoms with van der Waals surface area (Å²) >= 11 is 0. The third-order valence-corrected chi connectivity index (χ3v) is 5.10. The van der Waals surface area contributed by atoms with Gasteiger partial charge in [-0.3, -0.25) is 9.69 Å². The van der Waals surface area contributed by atoms with Crippen molar-refractivity contribution in [1.82, 2.24) is 15.1 Å². The van der Waals surface area contributed by atoms with E-state index in [0.29, 0.717) is 12.1 Å². The van der Waals surface area contributed by atoms with Gasteiger partial charge in [0.2, 0.25) is 5.91 Å². The molecule has 1 aromatic carbocycles. The van der Waals surface area contributed by atoms with E-state index >= 15 is 0 Å². The number of rotatable bonds is 7. The summed E-state index contributed by atoms with van der Waals surface area (Å²) in [4.78, 5) is 17.4. The first kappa shape index (κ1) is 18.9. The first-order chi connectivity index (χ1) is 11.5. The number of amides is 1. The second kappa shape index (κ2) is 9.19. The number of carbonyl (C=O) groups is 1. The Labute approximate surface area is 147 Å². The molecule has 0 bridgehead atoms. The number of nitrogens with one attached hydrogen (secondary N) is 1. The normalized spacial score (nSPS) is 18.1. The van der Waals surface area contributed by atoms with Gasteiger partial charge in [-0.05, 0) is 45.7 Å². The predicted octanol–water partition coefficient (Wildman–Crippen LogP) is 2.89. The number of nitrogens with zero attached hydrogens (tertiary/aromatic N) is 2. The SMILES string of the molecule is CC[C@@H](C(=O)NC1CCN(C(C)C)CC1)N(C)Cc1ccccc1. The van der Waals surface area contributed by atoms with Crippen LogP contribution in [-0.4, -0.2) is 54.0 Å². The van der Waals surface area contributed by atoms with Crippen molar-refractivity contribution in [3.63, 3.8) is 0 Å². The van der Waals surface area contributed by atoms with E-state index in [-0.39, 0.29) is 11.9 Å². The summed E-state index contributed by atoms with van der Waals surface area (Å²) < 4.78 is 0. The second-order valence-corrected chi connectivity index (χ2v) is 7.24. The summed E-state index contributed by atoms with van der Waals surface area (Å²) in [6.45, 7) is 9.54. The lowest BCUT2D eigenvalue weighted by molar-refractivity contribution is -0.127. The Balaban J connectivity index is 1.85. The van der Waals surface area contributed by atoms with Gasteiger partial charge in [-0.1, -0.05) is 37.3 Å². The summed E-state index contributed by atoms with van der Waals surface area (Å²) in [6.07, 6.45) is 2.95. The fourth-order valence-corrected chi connectivity index (χ4v) is 3.54. The van der Waals surface area contributed by atoms with Crippen molar-refractivity contribution < 1.29 is 4.79 Å². The monoisotopic (exact) mass is 331 g/mol. The molecule has 0 spiro atoms. The molecular formula is C20H33N3O. The molecule has 1 amide bonds. The minimum atomic E-state index is -0.0617. The van der Waals surface area contributed by atoms with Crippen LogP contribution in [0.3, 0.4) is 0 Å². The van der Waals surface area contributed by atoms with Crippen LogP contribution in [0.2, 0.25) is 0 Å². The van der Waals surface area contributed by atoms with E-state index in [0.717, 1.165) is 38.9 Å². The molecule has 1 aromatic rings. The molecule has 1 fully saturated rings. The van der Waals surface area contributed by atoms with Gasteiger partial charge in [0.15, 0.2) is 0 Å². The van der Waals surface area contributed by atoms with E-state index in [9.17, 15) is 4.79 Å². The van der Waals surface area contributed by atoms with Crippen LogP contribution in [0.4, 0.5) is 0 Å². The molecule has 0 aliphatic carbocycles. The van der Waals surface area contributed by atoms with E-state index < -0.39 is 0 Å². The van der Waals surface area contributed by atoms with Crippen LogP contribution >= 0.6 is 0 Å². The molecule has 4 nitrogen and oxygen atoms in total. The lowest BCUT2D eigenvalue weighted by Gasteiger charge is -2.36. The number of piperidine rings is 1. The van der Waals surface area contributed by atoms with Crippen LogP contribution in [0.1, 0.15) is 45.6 Å². The van der Waals surface area contributed by atoms with Gasteiger partial charge in [-0.15, -0.1) is 0 Å². The largest absolute Gasteiger partial charge is 0.352 e. The van der Waals surface area contributed by atoms with E-state index in [1.807, 2.05) is 25.2 Å². The second-order valence-electron chi connectivity index (χ2n) is 7.24. The molecule has 0 saturated carbocycles. The maximum atomic E-state index is 12.7. The Hall–Kier alpha value is -1.39. The van der Waals surface area contributed by atoms with Gasteiger partial charge in [0.05, 0.1) is 6.04 Å². The Morgan fingerprint density at radius 1 is 1.25 bits per heavy atom. The topological polar surface area (TPSA) is 35.6 Å². The quantitative estimate of drug-likeness (QED) is 0.834. The standard InChI is InChI=1S/C20H33N3O/c1-5-19(22(4)15-17-9-7-6-8-10-17)20(24)21-18-11-13-23(14-12-18)16(2)3/h6-10,16,18-19H,5,11-15H2,1-4H3,(H,21,24)/t19-/m0/s1. The highest BCUT2D eigenvalue weighted by Gasteiger charge is 2.26. The molecule has 0 unspecified atom stereocenters. The highest BCUT2D eigenvalue weighted by atomic mass is 16.2. The molecule has 1 aliphatic heterocycles. The van der Waals surface area contributed by atoms with Crippen molar-refractivity contribution in [2.45, 2.75) is 64.7 Å². The van der Waals surface area contributed by atoms with Gasteiger partial charge in [0, 0.05) is 31.7 Å². The number of likely N-dealkylation sites (tertiary alicyclic amines) is 1. The molecule has 1 aliphatic rings. The fourth-order valence-electron chi connectivity index (χ4n) is 3.54. The molecule has 24 heavy (non-hydrogen) atoms. The molecule has 4 heteroatoms. The van der Waals surface area contributed by atoms with Gasteiger partial charge >= 0.3 is 0 Å². The minimum absolute atomic E-state index is 0.0617. The highest BCUT2D eigenvalue weighted by molar-refractivity contribution is 5.81. The first-order valence-electron chi connectivity index (χ1n) is 9.29. The van der Waals surface area contributed by atoms with Crippen molar-refractivity contribution in [3.8, 4) is 0 Å². The zero-order chi connectivity index (χ0) is 17.5. The molecule has 1 saturated heterocycles. The summed E-state index contributed by atoms with van der Waals surface area (Å²) in [7, 11) is 2.04. The maximum absolute atomic E-state index is 12.7. The molecule has 0 radical (unpaired) electrons. The molecule has 2 rings (SSSR count). The number of hydrogen-bond acceptors (Lipinski definition) is 3. The van der Waals surface area contributed by atoms with E-state index in [1.165, 1.54) is 5.56 Å². The summed E-state index contributed by atoms with van der Waals surface area (Å²) in [5.41, 5.74) is 1.25. The van der Waals surface area contributed by atoms with Crippen LogP contribution < -0.4 is 5.32 Å². The zero-order valence-corrected chi connectivity index (χ0v) is 15.7. The third-order valence-electron chi connectivity index (χ3n) is 5.10. The maximum Gasteiger partial charge on any atom is 0.237 e. The molecule has 0 aromatic heterocycles. The van der Waals surface area contributed by atoms with Gasteiger partial charge in [-0.25, -0.2) is 0 Å². The number of benzene rings is 1. The van der Waals surface area contributed by atoms with Gasteiger partial charge in [0.25, 0.3) is 0 Å². The first-order valence-corrected chi connectivity index (χ1v) is 9.29. The summed E-state index contributed by atoms with van der Waals surface area (Å²) in [5.74, 6) is 0.180. The van der Waals surface area contributed by atoms with Crippen LogP contribution in [0, 0.1) is 0 Å². The van der Waals surface area contributed by atoms with E-state index in [1.54, 1.807) is 0 Å². The van der Waals surface area contributed by atoms with Crippen molar-refractivity contribution in [1.29, 1.82) is 0 Å². The Kier molecular flexibility index (Phi) is 7.25. The fraction of sp³-hybridized carbons (Fsp3) is 0.650. The summed E-state index contributed by atoms with van der Waals surface area (Å²) in [5, 5.41) is 3.29. The molecule has 134 valence electrons. The highest BCUT2D eigenvalue weighted by Crippen LogP contribution is 2.14. The predicted molar refractivity (Wildman–Crippen MR) is 99.9 cm³/mol. The molecular weight excluding hydrogens is 298 g/mol. The Bertz CT molecular complexity index is 495. The van der Waals surface area contributed by atoms with E-state index in [2.05, 4.69) is 48.0 Å². The van der Waals surface area contributed by atoms with Crippen LogP contribution in [0.25, 0.3) is 0 Å². The number of carbonyl (C=O) groups excluding carboxylic acids is 1. The van der Waals surface area contributed by atoms with Crippen molar-refractivity contribution >= 4 is 5.91 Å². The third kappa shape index (κ3) is 5.32. The van der Waals surface area contributed by atoms with Gasteiger partial charge < -0.3 is 10.2 Å². The van der Waals surface area contributed by atoms with Crippen molar-refractivity contribution in [3.05, 3.63) is 35.9 Å². The van der Waals surface area contributed by atoms with Gasteiger partial charge in [-0.2, -0.15) is 0 Å². The smallest absolute Gasteiger partial charge is 0.237 e. The molecule has 1 heterocycles. The van der Waals surface area contributed by atoms with Crippen LogP contribution in [-0.2, 0) is 11.3 Å². The summed E-state index contributed by atoms with van der Waals surface area (Å²) in [6, 6.07) is 11.2. The number of hydrogen-bond donors (Lipinski definition) is 1. The van der Waals surface area contributed by atoms with Gasteiger partial charge in [0.1, 0.15) is 0 Å². The van der Waals surface area contributed by atoms with Crippen LogP contribution in [0.5, 0.6) is 0 Å². The van der Waals surface area contributed by atoms with Crippen LogP contribution in [0.15, 0.2) is 30.3 Å². The lowest BCUT2D eigenvalue weighted by atomic mass is 10.0. The molecule has 1 N–H and O–H groups in total. The minimum Gasteiger partial charge on any atom is -0.352 e.